The molecule has 0 spiro atoms. The minimum Gasteiger partial charge on any atom is -0.135 e. The van der Waals surface area contributed by atoms with Crippen molar-refractivity contribution in [1.29, 1.82) is 0 Å². The van der Waals surface area contributed by atoms with E-state index in [4.69, 9.17) is 0 Å². The molecule has 0 aromatic rings. The van der Waals surface area contributed by atoms with Gasteiger partial charge in [-0.25, -0.2) is 0 Å². The summed E-state index contributed by atoms with van der Waals surface area (Å²) >= 11 is 1.82. The molecule has 1 heteroatoms. The Morgan fingerprint density at radius 2 is 2.00 bits per heavy atom. The molecule has 1 aliphatic carbocycles. The second kappa shape index (κ2) is 4.87. The van der Waals surface area contributed by atoms with Crippen LogP contribution in [0.5, 0.6) is 0 Å². The summed E-state index contributed by atoms with van der Waals surface area (Å²) in [5, 5.41) is 0. The Bertz CT molecular complexity index is 123. The maximum Gasteiger partial charge on any atom is -0.0140 e. The van der Waals surface area contributed by atoms with Crippen molar-refractivity contribution in [3.63, 3.8) is 0 Å². The first-order valence-corrected chi connectivity index (χ1v) is 5.77. The molecule has 1 saturated carbocycles. The Balaban J connectivity index is 2.19. The standard InChI is InChI=1S/C10H18S/c1-9(11-2)8-10-6-4-3-5-7-10/h10H,1,3-8H2,2H3. The second-order valence-electron chi connectivity index (χ2n) is 3.45. The van der Waals surface area contributed by atoms with Crippen LogP contribution in [-0.4, -0.2) is 6.26 Å². The van der Waals surface area contributed by atoms with Crippen molar-refractivity contribution in [3.05, 3.63) is 11.5 Å². The second-order valence-corrected chi connectivity index (χ2v) is 4.44. The van der Waals surface area contributed by atoms with Crippen LogP contribution >= 0.6 is 11.8 Å². The van der Waals surface area contributed by atoms with E-state index in [-0.39, 0.29) is 0 Å². The normalized spacial score (nSPS) is 20.1. The van der Waals surface area contributed by atoms with E-state index < -0.39 is 0 Å². The highest BCUT2D eigenvalue weighted by molar-refractivity contribution is 8.02. The van der Waals surface area contributed by atoms with E-state index in [1.807, 2.05) is 11.8 Å². The van der Waals surface area contributed by atoms with Crippen molar-refractivity contribution < 1.29 is 0 Å². The van der Waals surface area contributed by atoms with E-state index in [2.05, 4.69) is 12.8 Å². The number of hydrogen-bond acceptors (Lipinski definition) is 1. The molecule has 0 atom stereocenters. The number of rotatable bonds is 3. The monoisotopic (exact) mass is 170 g/mol. The van der Waals surface area contributed by atoms with Gasteiger partial charge in [-0.2, -0.15) is 0 Å². The Morgan fingerprint density at radius 1 is 1.36 bits per heavy atom. The van der Waals surface area contributed by atoms with Crippen LogP contribution in [-0.2, 0) is 0 Å². The van der Waals surface area contributed by atoms with Gasteiger partial charge in [0, 0.05) is 0 Å². The van der Waals surface area contributed by atoms with Crippen molar-refractivity contribution >= 4 is 11.8 Å². The molecular weight excluding hydrogens is 152 g/mol. The lowest BCUT2D eigenvalue weighted by atomic mass is 9.87. The zero-order valence-electron chi connectivity index (χ0n) is 7.44. The van der Waals surface area contributed by atoms with Gasteiger partial charge < -0.3 is 0 Å². The summed E-state index contributed by atoms with van der Waals surface area (Å²) in [4.78, 5) is 1.37. The van der Waals surface area contributed by atoms with E-state index in [1.54, 1.807) is 0 Å². The lowest BCUT2D eigenvalue weighted by Crippen LogP contribution is -2.05. The minimum absolute atomic E-state index is 0.962. The van der Waals surface area contributed by atoms with Gasteiger partial charge in [0.05, 0.1) is 0 Å². The third kappa shape index (κ3) is 3.33. The van der Waals surface area contributed by atoms with E-state index >= 15 is 0 Å². The SMILES string of the molecule is C=C(CC1CCCCC1)SC. The molecule has 64 valence electrons. The van der Waals surface area contributed by atoms with Crippen LogP contribution in [0, 0.1) is 5.92 Å². The van der Waals surface area contributed by atoms with Gasteiger partial charge in [0.15, 0.2) is 0 Å². The first-order valence-electron chi connectivity index (χ1n) is 4.54. The molecule has 0 unspecified atom stereocenters. The van der Waals surface area contributed by atoms with Crippen LogP contribution in [0.4, 0.5) is 0 Å². The summed E-state index contributed by atoms with van der Waals surface area (Å²) in [7, 11) is 0. The van der Waals surface area contributed by atoms with Gasteiger partial charge >= 0.3 is 0 Å². The molecular formula is C10H18S. The predicted molar refractivity (Wildman–Crippen MR) is 53.8 cm³/mol. The molecule has 0 aliphatic heterocycles. The fraction of sp³-hybridized carbons (Fsp3) is 0.800. The van der Waals surface area contributed by atoms with Crippen molar-refractivity contribution in [1.82, 2.24) is 0 Å². The number of thioether (sulfide) groups is 1. The molecule has 0 aromatic carbocycles. The lowest BCUT2D eigenvalue weighted by Gasteiger charge is -2.21. The van der Waals surface area contributed by atoms with Crippen molar-refractivity contribution in [2.45, 2.75) is 38.5 Å². The molecule has 0 nitrogen and oxygen atoms in total. The van der Waals surface area contributed by atoms with E-state index in [0.29, 0.717) is 0 Å². The minimum atomic E-state index is 0.962. The molecule has 0 aromatic heterocycles. The maximum absolute atomic E-state index is 4.03. The van der Waals surface area contributed by atoms with E-state index in [9.17, 15) is 0 Å². The molecule has 0 saturated heterocycles. The summed E-state index contributed by atoms with van der Waals surface area (Å²) in [6.07, 6.45) is 10.6. The highest BCUT2D eigenvalue weighted by Gasteiger charge is 2.13. The van der Waals surface area contributed by atoms with E-state index in [1.165, 1.54) is 43.4 Å². The summed E-state index contributed by atoms with van der Waals surface area (Å²) in [5.74, 6) is 0.962. The average Bonchev–Trinajstić information content (AvgIpc) is 2.06. The fourth-order valence-corrected chi connectivity index (χ4v) is 2.20. The number of hydrogen-bond donors (Lipinski definition) is 0. The van der Waals surface area contributed by atoms with Crippen LogP contribution in [0.15, 0.2) is 11.5 Å². The largest absolute Gasteiger partial charge is 0.135 e. The van der Waals surface area contributed by atoms with Gasteiger partial charge in [-0.05, 0) is 23.5 Å². The molecule has 0 radical (unpaired) electrons. The first-order chi connectivity index (χ1) is 5.33. The smallest absolute Gasteiger partial charge is 0.0140 e. The number of allylic oxidation sites excluding steroid dienone is 1. The van der Waals surface area contributed by atoms with Crippen LogP contribution in [0.3, 0.4) is 0 Å². The van der Waals surface area contributed by atoms with Gasteiger partial charge in [0.1, 0.15) is 0 Å². The third-order valence-electron chi connectivity index (χ3n) is 2.53. The quantitative estimate of drug-likeness (QED) is 0.620. The van der Waals surface area contributed by atoms with Gasteiger partial charge in [0.2, 0.25) is 0 Å². The van der Waals surface area contributed by atoms with Gasteiger partial charge in [0.25, 0.3) is 0 Å². The topological polar surface area (TPSA) is 0 Å². The van der Waals surface area contributed by atoms with Crippen LogP contribution in [0.1, 0.15) is 38.5 Å². The average molecular weight is 170 g/mol. The predicted octanol–water partition coefficient (Wildman–Crippen LogP) is 3.83. The Hall–Kier alpha value is 0.0900. The Morgan fingerprint density at radius 3 is 2.55 bits per heavy atom. The van der Waals surface area contributed by atoms with Crippen LogP contribution in [0.2, 0.25) is 0 Å². The fourth-order valence-electron chi connectivity index (χ4n) is 1.80. The van der Waals surface area contributed by atoms with Crippen LogP contribution < -0.4 is 0 Å². The molecule has 0 bridgehead atoms. The zero-order valence-corrected chi connectivity index (χ0v) is 8.25. The van der Waals surface area contributed by atoms with Crippen molar-refractivity contribution in [3.8, 4) is 0 Å². The summed E-state index contributed by atoms with van der Waals surface area (Å²) in [6.45, 7) is 4.03. The molecule has 1 fully saturated rings. The highest BCUT2D eigenvalue weighted by atomic mass is 32.2. The van der Waals surface area contributed by atoms with Gasteiger partial charge in [-0.3, -0.25) is 0 Å². The molecule has 0 amide bonds. The van der Waals surface area contributed by atoms with E-state index in [0.717, 1.165) is 5.92 Å². The Kier molecular flexibility index (Phi) is 4.06. The van der Waals surface area contributed by atoms with Gasteiger partial charge in [-0.1, -0.05) is 38.7 Å². The molecule has 11 heavy (non-hydrogen) atoms. The molecule has 0 heterocycles. The summed E-state index contributed by atoms with van der Waals surface area (Å²) in [6, 6.07) is 0. The highest BCUT2D eigenvalue weighted by Crippen LogP contribution is 2.30. The van der Waals surface area contributed by atoms with Crippen molar-refractivity contribution in [2.24, 2.45) is 5.92 Å². The molecule has 1 aliphatic rings. The third-order valence-corrected chi connectivity index (χ3v) is 3.27. The summed E-state index contributed by atoms with van der Waals surface area (Å²) in [5.41, 5.74) is 0. The van der Waals surface area contributed by atoms with Crippen LogP contribution in [0.25, 0.3) is 0 Å². The lowest BCUT2D eigenvalue weighted by molar-refractivity contribution is 0.360. The van der Waals surface area contributed by atoms with Gasteiger partial charge in [-0.15, -0.1) is 11.8 Å². The van der Waals surface area contributed by atoms with Crippen molar-refractivity contribution in [2.75, 3.05) is 6.26 Å². The molecule has 1 rings (SSSR count). The molecule has 0 N–H and O–H groups in total. The first kappa shape index (κ1) is 9.18. The zero-order chi connectivity index (χ0) is 8.10. The Labute approximate surface area is 74.5 Å². The maximum atomic E-state index is 4.03. The summed E-state index contributed by atoms with van der Waals surface area (Å²) < 4.78 is 0.